The smallest absolute Gasteiger partial charge is 0.263 e. The number of carbonyl (C=O) groups is 1. The van der Waals surface area contributed by atoms with Crippen LogP contribution >= 0.6 is 23.1 Å². The third-order valence-corrected chi connectivity index (χ3v) is 6.83. The largest absolute Gasteiger partial charge is 0.340 e. The zero-order valence-electron chi connectivity index (χ0n) is 18.3. The lowest BCUT2D eigenvalue weighted by Gasteiger charge is -2.20. The number of carbonyl (C=O) groups excluding carboxylic acids is 1. The molecule has 0 bridgehead atoms. The SMILES string of the molecule is C=CCn1c(SCC(=O)N(CCC#N)CCC#N)nc2scc(-c3ccc(C)cc3)c2c1=O. The molecule has 3 aromatic rings. The number of hydrogen-bond acceptors (Lipinski definition) is 7. The van der Waals surface area contributed by atoms with Gasteiger partial charge in [-0.3, -0.25) is 14.2 Å². The number of aromatic nitrogens is 2. The van der Waals surface area contributed by atoms with Gasteiger partial charge in [-0.1, -0.05) is 47.7 Å². The molecule has 0 N–H and O–H groups in total. The van der Waals surface area contributed by atoms with Crippen molar-refractivity contribution in [1.82, 2.24) is 14.5 Å². The summed E-state index contributed by atoms with van der Waals surface area (Å²) in [6, 6.07) is 12.1. The van der Waals surface area contributed by atoms with Gasteiger partial charge in [-0.15, -0.1) is 17.9 Å². The van der Waals surface area contributed by atoms with Crippen LogP contribution in [0.2, 0.25) is 0 Å². The zero-order valence-corrected chi connectivity index (χ0v) is 19.9. The van der Waals surface area contributed by atoms with Crippen molar-refractivity contribution >= 4 is 39.2 Å². The van der Waals surface area contributed by atoms with Crippen molar-refractivity contribution in [2.75, 3.05) is 18.8 Å². The van der Waals surface area contributed by atoms with Crippen molar-refractivity contribution in [1.29, 1.82) is 10.5 Å². The summed E-state index contributed by atoms with van der Waals surface area (Å²) in [6.45, 7) is 6.59. The van der Waals surface area contributed by atoms with Gasteiger partial charge in [0.05, 0.1) is 36.1 Å². The molecule has 0 saturated heterocycles. The summed E-state index contributed by atoms with van der Waals surface area (Å²) in [5.41, 5.74) is 2.77. The molecule has 7 nitrogen and oxygen atoms in total. The molecule has 0 saturated carbocycles. The number of amides is 1. The van der Waals surface area contributed by atoms with E-state index in [1.165, 1.54) is 32.6 Å². The Balaban J connectivity index is 1.92. The Bertz CT molecular complexity index is 1280. The molecule has 0 unspecified atom stereocenters. The minimum atomic E-state index is -0.198. The monoisotopic (exact) mass is 477 g/mol. The molecule has 0 aliphatic heterocycles. The molecule has 0 radical (unpaired) electrons. The molecule has 0 aliphatic rings. The number of thioether (sulfide) groups is 1. The van der Waals surface area contributed by atoms with Gasteiger partial charge in [0.1, 0.15) is 4.83 Å². The fraction of sp³-hybridized carbons (Fsp3) is 0.292. The maximum atomic E-state index is 13.4. The molecule has 0 atom stereocenters. The van der Waals surface area contributed by atoms with Crippen molar-refractivity contribution in [3.05, 3.63) is 58.2 Å². The highest BCUT2D eigenvalue weighted by Gasteiger charge is 2.19. The summed E-state index contributed by atoms with van der Waals surface area (Å²) in [4.78, 5) is 33.0. The Morgan fingerprint density at radius 2 is 1.91 bits per heavy atom. The molecule has 168 valence electrons. The maximum Gasteiger partial charge on any atom is 0.263 e. The minimum Gasteiger partial charge on any atom is -0.340 e. The second-order valence-electron chi connectivity index (χ2n) is 7.28. The van der Waals surface area contributed by atoms with E-state index in [0.717, 1.165) is 16.7 Å². The lowest BCUT2D eigenvalue weighted by Crippen LogP contribution is -2.34. The highest BCUT2D eigenvalue weighted by molar-refractivity contribution is 7.99. The average Bonchev–Trinajstić information content (AvgIpc) is 3.24. The van der Waals surface area contributed by atoms with E-state index in [4.69, 9.17) is 15.5 Å². The van der Waals surface area contributed by atoms with Gasteiger partial charge in [0.25, 0.3) is 5.56 Å². The highest BCUT2D eigenvalue weighted by atomic mass is 32.2. The van der Waals surface area contributed by atoms with Gasteiger partial charge < -0.3 is 4.90 Å². The third-order valence-electron chi connectivity index (χ3n) is 5.00. The normalized spacial score (nSPS) is 10.5. The fourth-order valence-corrected chi connectivity index (χ4v) is 5.20. The van der Waals surface area contributed by atoms with Gasteiger partial charge in [0.2, 0.25) is 5.91 Å². The molecule has 2 aromatic heterocycles. The Morgan fingerprint density at radius 3 is 2.52 bits per heavy atom. The standard InChI is InChI=1S/C24H23N5O2S2/c1-3-12-29-23(31)21-19(18-8-6-17(2)7-9-18)15-32-22(21)27-24(29)33-16-20(30)28(13-4-10-25)14-5-11-26/h3,6-9,15H,1,4-5,12-14,16H2,2H3. The first-order valence-corrected chi connectivity index (χ1v) is 12.2. The van der Waals surface area contributed by atoms with Crippen molar-refractivity contribution in [2.24, 2.45) is 0 Å². The second-order valence-corrected chi connectivity index (χ2v) is 9.08. The lowest BCUT2D eigenvalue weighted by atomic mass is 10.1. The zero-order chi connectivity index (χ0) is 23.8. The third kappa shape index (κ3) is 5.70. The molecule has 1 aromatic carbocycles. The minimum absolute atomic E-state index is 0.0577. The molecular weight excluding hydrogens is 454 g/mol. The molecule has 0 spiro atoms. The van der Waals surface area contributed by atoms with Crippen LogP contribution in [0, 0.1) is 29.6 Å². The summed E-state index contributed by atoms with van der Waals surface area (Å²) >= 11 is 2.58. The number of fused-ring (bicyclic) bond motifs is 1. The van der Waals surface area contributed by atoms with Gasteiger partial charge in [-0.05, 0) is 12.5 Å². The number of allylic oxidation sites excluding steroid dienone is 1. The summed E-state index contributed by atoms with van der Waals surface area (Å²) in [6.07, 6.45) is 2.03. The summed E-state index contributed by atoms with van der Waals surface area (Å²) < 4.78 is 1.53. The van der Waals surface area contributed by atoms with E-state index in [1.807, 2.05) is 48.7 Å². The molecular formula is C24H23N5O2S2. The van der Waals surface area contributed by atoms with Crippen LogP contribution in [0.3, 0.4) is 0 Å². The molecule has 9 heteroatoms. The topological polar surface area (TPSA) is 103 Å². The van der Waals surface area contributed by atoms with E-state index >= 15 is 0 Å². The van der Waals surface area contributed by atoms with E-state index in [2.05, 4.69) is 6.58 Å². The van der Waals surface area contributed by atoms with Crippen LogP contribution in [0.1, 0.15) is 18.4 Å². The van der Waals surface area contributed by atoms with Crippen LogP contribution in [0.25, 0.3) is 21.3 Å². The number of thiophene rings is 1. The van der Waals surface area contributed by atoms with E-state index in [0.29, 0.717) is 15.4 Å². The van der Waals surface area contributed by atoms with Gasteiger partial charge in [-0.25, -0.2) is 4.98 Å². The van der Waals surface area contributed by atoms with E-state index in [-0.39, 0.29) is 49.7 Å². The quantitative estimate of drug-likeness (QED) is 0.244. The average molecular weight is 478 g/mol. The first-order chi connectivity index (χ1) is 16.0. The molecule has 0 fully saturated rings. The van der Waals surface area contributed by atoms with Crippen LogP contribution in [-0.2, 0) is 11.3 Å². The Morgan fingerprint density at radius 1 is 1.24 bits per heavy atom. The van der Waals surface area contributed by atoms with Crippen molar-refractivity contribution < 1.29 is 4.79 Å². The number of rotatable bonds is 10. The molecule has 33 heavy (non-hydrogen) atoms. The number of aryl methyl sites for hydroxylation is 1. The Kier molecular flexibility index (Phi) is 8.42. The van der Waals surface area contributed by atoms with Crippen LogP contribution in [0.15, 0.2) is 52.3 Å². The fourth-order valence-electron chi connectivity index (χ4n) is 3.30. The van der Waals surface area contributed by atoms with Gasteiger partial charge in [-0.2, -0.15) is 10.5 Å². The lowest BCUT2D eigenvalue weighted by molar-refractivity contribution is -0.128. The summed E-state index contributed by atoms with van der Waals surface area (Å²) in [7, 11) is 0. The molecule has 1 amide bonds. The maximum absolute atomic E-state index is 13.4. The number of nitrogens with zero attached hydrogens (tertiary/aromatic N) is 5. The van der Waals surface area contributed by atoms with E-state index in [9.17, 15) is 9.59 Å². The van der Waals surface area contributed by atoms with Crippen LogP contribution < -0.4 is 5.56 Å². The molecule has 0 aliphatic carbocycles. The highest BCUT2D eigenvalue weighted by Crippen LogP contribution is 2.32. The van der Waals surface area contributed by atoms with Crippen LogP contribution in [0.5, 0.6) is 0 Å². The van der Waals surface area contributed by atoms with Crippen LogP contribution in [0.4, 0.5) is 0 Å². The number of benzene rings is 1. The predicted molar refractivity (Wildman–Crippen MR) is 132 cm³/mol. The van der Waals surface area contributed by atoms with Gasteiger partial charge >= 0.3 is 0 Å². The predicted octanol–water partition coefficient (Wildman–Crippen LogP) is 4.37. The van der Waals surface area contributed by atoms with Crippen molar-refractivity contribution in [2.45, 2.75) is 31.5 Å². The van der Waals surface area contributed by atoms with Crippen LogP contribution in [-0.4, -0.2) is 39.2 Å². The first kappa shape index (κ1) is 24.2. The van der Waals surface area contributed by atoms with Gasteiger partial charge in [0, 0.05) is 30.6 Å². The first-order valence-electron chi connectivity index (χ1n) is 10.3. The van der Waals surface area contributed by atoms with Crippen molar-refractivity contribution in [3.63, 3.8) is 0 Å². The second kappa shape index (κ2) is 11.5. The van der Waals surface area contributed by atoms with Gasteiger partial charge in [0.15, 0.2) is 5.16 Å². The summed E-state index contributed by atoms with van der Waals surface area (Å²) in [5.74, 6) is -0.140. The van der Waals surface area contributed by atoms with Crippen molar-refractivity contribution in [3.8, 4) is 23.3 Å². The van der Waals surface area contributed by atoms with E-state index in [1.54, 1.807) is 6.08 Å². The number of hydrogen-bond donors (Lipinski definition) is 0. The summed E-state index contributed by atoms with van der Waals surface area (Å²) in [5, 5.41) is 20.6. The van der Waals surface area contributed by atoms with E-state index < -0.39 is 0 Å². The Hall–Kier alpha value is -3.40. The number of nitriles is 2. The molecule has 2 heterocycles. The Labute approximate surface area is 200 Å². The molecule has 3 rings (SSSR count).